The molecule has 1 aromatic carbocycles. The lowest BCUT2D eigenvalue weighted by atomic mass is 9.96. The molecule has 1 N–H and O–H groups in total. The molecule has 0 heterocycles. The van der Waals surface area contributed by atoms with Crippen molar-refractivity contribution in [2.24, 2.45) is 0 Å². The van der Waals surface area contributed by atoms with Gasteiger partial charge in [-0.1, -0.05) is 23.7 Å². The molecule has 0 aromatic heterocycles. The van der Waals surface area contributed by atoms with Gasteiger partial charge in [0.15, 0.2) is 5.60 Å². The van der Waals surface area contributed by atoms with Crippen LogP contribution in [-0.2, 0) is 5.60 Å². The van der Waals surface area contributed by atoms with Crippen LogP contribution in [0.15, 0.2) is 24.3 Å². The van der Waals surface area contributed by atoms with E-state index < -0.39 is 11.8 Å². The lowest BCUT2D eigenvalue weighted by molar-refractivity contribution is -0.258. The van der Waals surface area contributed by atoms with Crippen LogP contribution in [-0.4, -0.2) is 11.3 Å². The van der Waals surface area contributed by atoms with Crippen LogP contribution in [0.3, 0.4) is 0 Å². The highest BCUT2D eigenvalue weighted by molar-refractivity contribution is 6.30. The maximum absolute atomic E-state index is 12.3. The van der Waals surface area contributed by atoms with Gasteiger partial charge in [-0.25, -0.2) is 0 Å². The molecule has 0 bridgehead atoms. The fourth-order valence-electron chi connectivity index (χ4n) is 0.938. The Morgan fingerprint density at radius 2 is 1.57 bits per heavy atom. The Kier molecular flexibility index (Phi) is 2.78. The number of hydrogen-bond acceptors (Lipinski definition) is 1. The summed E-state index contributed by atoms with van der Waals surface area (Å²) < 4.78 is 37.0. The van der Waals surface area contributed by atoms with E-state index in [1.54, 1.807) is 0 Å². The van der Waals surface area contributed by atoms with E-state index in [1.165, 1.54) is 12.1 Å². The lowest BCUT2D eigenvalue weighted by Gasteiger charge is -2.26. The van der Waals surface area contributed by atoms with Gasteiger partial charge in [0.25, 0.3) is 0 Å². The van der Waals surface area contributed by atoms with Crippen molar-refractivity contribution in [3.8, 4) is 0 Å². The standard InChI is InChI=1S/C9H8ClF3O/c1-8(14,9(11,12)13)6-2-4-7(10)5-3-6/h2-5,14H,1H3/t8-/m1/s1. The van der Waals surface area contributed by atoms with E-state index in [2.05, 4.69) is 0 Å². The second kappa shape index (κ2) is 3.44. The molecule has 0 saturated heterocycles. The Hall–Kier alpha value is -0.740. The maximum atomic E-state index is 12.3. The highest BCUT2D eigenvalue weighted by Crippen LogP contribution is 2.38. The summed E-state index contributed by atoms with van der Waals surface area (Å²) in [4.78, 5) is 0. The minimum absolute atomic E-state index is 0.227. The number of rotatable bonds is 1. The third-order valence-corrected chi connectivity index (χ3v) is 2.21. The minimum Gasteiger partial charge on any atom is -0.376 e. The first-order valence-corrected chi connectivity index (χ1v) is 4.18. The number of aliphatic hydroxyl groups is 1. The van der Waals surface area contributed by atoms with Crippen molar-refractivity contribution in [3.05, 3.63) is 34.9 Å². The van der Waals surface area contributed by atoms with E-state index >= 15 is 0 Å². The third kappa shape index (κ3) is 2.01. The molecule has 0 aliphatic carbocycles. The van der Waals surface area contributed by atoms with E-state index in [1.807, 2.05) is 0 Å². The minimum atomic E-state index is -4.69. The van der Waals surface area contributed by atoms with E-state index in [0.29, 0.717) is 11.9 Å². The number of alkyl halides is 3. The second-order valence-corrected chi connectivity index (χ2v) is 3.51. The Morgan fingerprint density at radius 1 is 1.14 bits per heavy atom. The van der Waals surface area contributed by atoms with Crippen molar-refractivity contribution in [3.63, 3.8) is 0 Å². The quantitative estimate of drug-likeness (QED) is 0.777. The first-order chi connectivity index (χ1) is 6.25. The third-order valence-electron chi connectivity index (χ3n) is 1.96. The van der Waals surface area contributed by atoms with Crippen molar-refractivity contribution in [2.75, 3.05) is 0 Å². The predicted octanol–water partition coefficient (Wildman–Crippen LogP) is 3.11. The molecule has 0 unspecified atom stereocenters. The molecule has 0 aliphatic heterocycles. The molecule has 5 heteroatoms. The Labute approximate surface area is 84.1 Å². The van der Waals surface area contributed by atoms with E-state index in [4.69, 9.17) is 11.6 Å². The van der Waals surface area contributed by atoms with Gasteiger partial charge in [0.05, 0.1) is 0 Å². The lowest BCUT2D eigenvalue weighted by Crippen LogP contribution is -2.39. The summed E-state index contributed by atoms with van der Waals surface area (Å²) in [7, 11) is 0. The Bertz CT molecular complexity index is 316. The van der Waals surface area contributed by atoms with Crippen molar-refractivity contribution in [2.45, 2.75) is 18.7 Å². The van der Waals surface area contributed by atoms with Gasteiger partial charge in [0.1, 0.15) is 0 Å². The maximum Gasteiger partial charge on any atom is 0.421 e. The van der Waals surface area contributed by atoms with Crippen LogP contribution in [0.2, 0.25) is 5.02 Å². The first-order valence-electron chi connectivity index (χ1n) is 3.80. The molecule has 0 saturated carbocycles. The molecular weight excluding hydrogens is 217 g/mol. The van der Waals surface area contributed by atoms with Gasteiger partial charge >= 0.3 is 6.18 Å². The average Bonchev–Trinajstić information content (AvgIpc) is 2.03. The number of halogens is 4. The smallest absolute Gasteiger partial charge is 0.376 e. The molecule has 1 rings (SSSR count). The normalized spacial score (nSPS) is 16.4. The summed E-state index contributed by atoms with van der Waals surface area (Å²) in [6.07, 6.45) is -4.69. The van der Waals surface area contributed by atoms with Crippen LogP contribution in [0.25, 0.3) is 0 Å². The van der Waals surface area contributed by atoms with Gasteiger partial charge in [0, 0.05) is 5.02 Å². The van der Waals surface area contributed by atoms with Crippen molar-refractivity contribution in [1.82, 2.24) is 0 Å². The van der Waals surface area contributed by atoms with Crippen LogP contribution in [0, 0.1) is 0 Å². The molecule has 1 nitrogen and oxygen atoms in total. The molecular formula is C9H8ClF3O. The van der Waals surface area contributed by atoms with Gasteiger partial charge < -0.3 is 5.11 Å². The Morgan fingerprint density at radius 3 is 1.93 bits per heavy atom. The van der Waals surface area contributed by atoms with Gasteiger partial charge in [-0.15, -0.1) is 0 Å². The van der Waals surface area contributed by atoms with Crippen LogP contribution in [0.4, 0.5) is 13.2 Å². The molecule has 78 valence electrons. The summed E-state index contributed by atoms with van der Waals surface area (Å²) in [6.45, 7) is 0.705. The molecule has 0 aliphatic rings. The van der Waals surface area contributed by atoms with Gasteiger partial charge in [-0.3, -0.25) is 0 Å². The zero-order valence-corrected chi connectivity index (χ0v) is 8.02. The molecule has 0 fully saturated rings. The number of hydrogen-bond donors (Lipinski definition) is 1. The molecule has 14 heavy (non-hydrogen) atoms. The highest BCUT2D eigenvalue weighted by atomic mass is 35.5. The molecule has 0 spiro atoms. The van der Waals surface area contributed by atoms with Crippen molar-refractivity contribution >= 4 is 11.6 Å². The number of benzene rings is 1. The van der Waals surface area contributed by atoms with E-state index in [9.17, 15) is 18.3 Å². The molecule has 1 aromatic rings. The molecule has 1 atom stereocenters. The van der Waals surface area contributed by atoms with E-state index in [0.717, 1.165) is 12.1 Å². The summed E-state index contributed by atoms with van der Waals surface area (Å²) in [5.41, 5.74) is -3.06. The summed E-state index contributed by atoms with van der Waals surface area (Å²) in [5, 5.41) is 9.57. The second-order valence-electron chi connectivity index (χ2n) is 3.08. The monoisotopic (exact) mass is 224 g/mol. The summed E-state index contributed by atoms with van der Waals surface area (Å²) >= 11 is 5.51. The van der Waals surface area contributed by atoms with Crippen molar-refractivity contribution in [1.29, 1.82) is 0 Å². The average molecular weight is 225 g/mol. The fraction of sp³-hybridized carbons (Fsp3) is 0.333. The van der Waals surface area contributed by atoms with Crippen LogP contribution in [0.1, 0.15) is 12.5 Å². The summed E-state index contributed by atoms with van der Waals surface area (Å²) in [5.74, 6) is 0. The van der Waals surface area contributed by atoms with Crippen LogP contribution < -0.4 is 0 Å². The molecule has 0 amide bonds. The fourth-order valence-corrected chi connectivity index (χ4v) is 1.06. The van der Waals surface area contributed by atoms with Crippen molar-refractivity contribution < 1.29 is 18.3 Å². The van der Waals surface area contributed by atoms with Crippen LogP contribution >= 0.6 is 11.6 Å². The van der Waals surface area contributed by atoms with E-state index in [-0.39, 0.29) is 5.56 Å². The molecule has 0 radical (unpaired) electrons. The first kappa shape index (κ1) is 11.3. The zero-order chi connectivity index (χ0) is 11.0. The predicted molar refractivity (Wildman–Crippen MR) is 47.1 cm³/mol. The topological polar surface area (TPSA) is 20.2 Å². The van der Waals surface area contributed by atoms with Crippen LogP contribution in [0.5, 0.6) is 0 Å². The SMILES string of the molecule is C[C@@](O)(c1ccc(Cl)cc1)C(F)(F)F. The van der Waals surface area contributed by atoms with Gasteiger partial charge in [-0.2, -0.15) is 13.2 Å². The summed E-state index contributed by atoms with van der Waals surface area (Å²) in [6, 6.07) is 4.90. The van der Waals surface area contributed by atoms with Gasteiger partial charge in [0.2, 0.25) is 0 Å². The zero-order valence-electron chi connectivity index (χ0n) is 7.27. The van der Waals surface area contributed by atoms with Gasteiger partial charge in [-0.05, 0) is 24.6 Å². The Balaban J connectivity index is 3.10. The highest BCUT2D eigenvalue weighted by Gasteiger charge is 2.50. The largest absolute Gasteiger partial charge is 0.421 e.